The summed E-state index contributed by atoms with van der Waals surface area (Å²) < 4.78 is 41.1. The number of aromatic nitrogens is 2. The van der Waals surface area contributed by atoms with E-state index in [9.17, 15) is 18.0 Å². The molecule has 7 nitrogen and oxygen atoms in total. The standard InChI is InChI=1S/C20H16F3N5O2S2/c21-20(22,23)30-15-8-6-14(7-9-15)24-18-25-26-19(32-18)31-12-17(29)28-11-10-16(27-28)13-4-2-1-3-5-13/h1-9H,10-12H2,(H,24,25). The summed E-state index contributed by atoms with van der Waals surface area (Å²) in [5, 5.41) is 17.3. The summed E-state index contributed by atoms with van der Waals surface area (Å²) in [6.45, 7) is 0.542. The third-order valence-corrected chi connectivity index (χ3v) is 6.22. The first-order chi connectivity index (χ1) is 15.4. The number of ether oxygens (including phenoxy) is 1. The molecule has 0 saturated carbocycles. The molecular weight excluding hydrogens is 463 g/mol. The molecule has 0 spiro atoms. The van der Waals surface area contributed by atoms with E-state index in [0.29, 0.717) is 28.1 Å². The molecule has 0 radical (unpaired) electrons. The maximum absolute atomic E-state index is 12.5. The summed E-state index contributed by atoms with van der Waals surface area (Å²) in [6, 6.07) is 15.0. The van der Waals surface area contributed by atoms with Gasteiger partial charge in [-0.3, -0.25) is 4.79 Å². The van der Waals surface area contributed by atoms with Crippen molar-refractivity contribution in [3.63, 3.8) is 0 Å². The van der Waals surface area contributed by atoms with Gasteiger partial charge in [0.2, 0.25) is 5.13 Å². The topological polar surface area (TPSA) is 79.7 Å². The molecule has 3 aromatic rings. The third-order valence-electron chi connectivity index (χ3n) is 4.26. The molecule has 12 heteroatoms. The predicted octanol–water partition coefficient (Wildman–Crippen LogP) is 4.91. The highest BCUT2D eigenvalue weighted by Gasteiger charge is 2.31. The molecule has 1 aliphatic heterocycles. The molecule has 0 fully saturated rings. The van der Waals surface area contributed by atoms with Crippen molar-refractivity contribution in [3.8, 4) is 5.75 Å². The Labute approximate surface area is 189 Å². The van der Waals surface area contributed by atoms with Gasteiger partial charge in [-0.2, -0.15) is 5.10 Å². The van der Waals surface area contributed by atoms with Crippen LogP contribution in [0.3, 0.4) is 0 Å². The molecule has 4 rings (SSSR count). The Bertz CT molecular complexity index is 1100. The first-order valence-electron chi connectivity index (χ1n) is 9.38. The van der Waals surface area contributed by atoms with Crippen molar-refractivity contribution in [2.45, 2.75) is 17.1 Å². The number of rotatable bonds is 7. The van der Waals surface area contributed by atoms with Crippen molar-refractivity contribution in [1.29, 1.82) is 0 Å². The lowest BCUT2D eigenvalue weighted by Crippen LogP contribution is -2.25. The minimum Gasteiger partial charge on any atom is -0.406 e. The van der Waals surface area contributed by atoms with Crippen LogP contribution in [0.2, 0.25) is 0 Å². The molecule has 1 N–H and O–H groups in total. The predicted molar refractivity (Wildman–Crippen MR) is 116 cm³/mol. The summed E-state index contributed by atoms with van der Waals surface area (Å²) in [6.07, 6.45) is -4.03. The Kier molecular flexibility index (Phi) is 6.61. The Balaban J connectivity index is 1.28. The first-order valence-corrected chi connectivity index (χ1v) is 11.2. The summed E-state index contributed by atoms with van der Waals surface area (Å²) in [5.74, 6) is -0.259. The molecule has 2 heterocycles. The number of carbonyl (C=O) groups excluding carboxylic acids is 1. The molecule has 2 aromatic carbocycles. The van der Waals surface area contributed by atoms with E-state index >= 15 is 0 Å². The van der Waals surface area contributed by atoms with Gasteiger partial charge in [-0.1, -0.05) is 53.4 Å². The average molecular weight is 480 g/mol. The highest BCUT2D eigenvalue weighted by molar-refractivity contribution is 8.01. The van der Waals surface area contributed by atoms with E-state index in [4.69, 9.17) is 0 Å². The van der Waals surface area contributed by atoms with Crippen molar-refractivity contribution in [3.05, 3.63) is 60.2 Å². The molecule has 0 unspecified atom stereocenters. The Morgan fingerprint density at radius 3 is 2.59 bits per heavy atom. The number of anilines is 2. The van der Waals surface area contributed by atoms with E-state index in [2.05, 4.69) is 25.4 Å². The van der Waals surface area contributed by atoms with Crippen LogP contribution in [-0.2, 0) is 4.79 Å². The molecule has 166 valence electrons. The third kappa shape index (κ3) is 5.98. The van der Waals surface area contributed by atoms with Crippen LogP contribution in [0.1, 0.15) is 12.0 Å². The van der Waals surface area contributed by atoms with Gasteiger partial charge in [0, 0.05) is 12.1 Å². The second-order valence-electron chi connectivity index (χ2n) is 6.54. The number of hydrazone groups is 1. The maximum atomic E-state index is 12.5. The van der Waals surface area contributed by atoms with Crippen LogP contribution in [-0.4, -0.2) is 45.5 Å². The van der Waals surface area contributed by atoms with Crippen LogP contribution in [0.5, 0.6) is 5.75 Å². The van der Waals surface area contributed by atoms with Crippen molar-refractivity contribution in [2.75, 3.05) is 17.6 Å². The Morgan fingerprint density at radius 2 is 1.88 bits per heavy atom. The minimum absolute atomic E-state index is 0.120. The van der Waals surface area contributed by atoms with E-state index in [1.54, 1.807) is 0 Å². The van der Waals surface area contributed by atoms with Crippen molar-refractivity contribution in [1.82, 2.24) is 15.2 Å². The lowest BCUT2D eigenvalue weighted by Gasteiger charge is -2.09. The van der Waals surface area contributed by atoms with Crippen molar-refractivity contribution in [2.24, 2.45) is 5.10 Å². The van der Waals surface area contributed by atoms with Gasteiger partial charge in [-0.25, -0.2) is 5.01 Å². The van der Waals surface area contributed by atoms with Crippen LogP contribution in [0.15, 0.2) is 64.0 Å². The van der Waals surface area contributed by atoms with E-state index in [-0.39, 0.29) is 17.4 Å². The SMILES string of the molecule is O=C(CSc1nnc(Nc2ccc(OC(F)(F)F)cc2)s1)N1CCC(c2ccccc2)=N1. The van der Waals surface area contributed by atoms with Crippen LogP contribution in [0.4, 0.5) is 24.0 Å². The number of hydrogen-bond acceptors (Lipinski definition) is 8. The fourth-order valence-corrected chi connectivity index (χ4v) is 4.49. The quantitative estimate of drug-likeness (QED) is 0.485. The Morgan fingerprint density at radius 1 is 1.12 bits per heavy atom. The fourth-order valence-electron chi connectivity index (χ4n) is 2.85. The normalized spacial score (nSPS) is 13.7. The molecule has 0 bridgehead atoms. The monoisotopic (exact) mass is 479 g/mol. The minimum atomic E-state index is -4.73. The van der Waals surface area contributed by atoms with Gasteiger partial charge < -0.3 is 10.1 Å². The van der Waals surface area contributed by atoms with Crippen LogP contribution < -0.4 is 10.1 Å². The molecule has 0 atom stereocenters. The van der Waals surface area contributed by atoms with Crippen LogP contribution in [0, 0.1) is 0 Å². The van der Waals surface area contributed by atoms with Crippen LogP contribution >= 0.6 is 23.1 Å². The fraction of sp³-hybridized carbons (Fsp3) is 0.200. The molecule has 32 heavy (non-hydrogen) atoms. The largest absolute Gasteiger partial charge is 0.573 e. The summed E-state index contributed by atoms with van der Waals surface area (Å²) in [7, 11) is 0. The molecule has 1 amide bonds. The number of thioether (sulfide) groups is 1. The second-order valence-corrected chi connectivity index (χ2v) is 8.74. The van der Waals surface area contributed by atoms with Gasteiger partial charge in [0.15, 0.2) is 4.34 Å². The van der Waals surface area contributed by atoms with Gasteiger partial charge in [0.25, 0.3) is 5.91 Å². The van der Waals surface area contributed by atoms with E-state index in [0.717, 1.165) is 11.3 Å². The zero-order valence-corrected chi connectivity index (χ0v) is 18.0. The Hall–Kier alpha value is -3.12. The summed E-state index contributed by atoms with van der Waals surface area (Å²) in [5.41, 5.74) is 2.43. The van der Waals surface area contributed by atoms with Gasteiger partial charge in [-0.15, -0.1) is 23.4 Å². The second kappa shape index (κ2) is 9.57. The van der Waals surface area contributed by atoms with Gasteiger partial charge in [0.05, 0.1) is 18.0 Å². The number of carbonyl (C=O) groups is 1. The number of halogens is 3. The van der Waals surface area contributed by atoms with E-state index in [1.165, 1.54) is 52.4 Å². The molecule has 1 aliphatic rings. The van der Waals surface area contributed by atoms with Gasteiger partial charge in [-0.05, 0) is 29.8 Å². The van der Waals surface area contributed by atoms with Crippen molar-refractivity contribution < 1.29 is 22.7 Å². The zero-order chi connectivity index (χ0) is 22.6. The van der Waals surface area contributed by atoms with Crippen LogP contribution in [0.25, 0.3) is 0 Å². The van der Waals surface area contributed by atoms with Gasteiger partial charge in [0.1, 0.15) is 5.75 Å². The zero-order valence-electron chi connectivity index (χ0n) is 16.4. The van der Waals surface area contributed by atoms with E-state index < -0.39 is 6.36 Å². The van der Waals surface area contributed by atoms with Crippen molar-refractivity contribution >= 4 is 45.5 Å². The highest BCUT2D eigenvalue weighted by Crippen LogP contribution is 2.29. The maximum Gasteiger partial charge on any atom is 0.573 e. The lowest BCUT2D eigenvalue weighted by molar-refractivity contribution is -0.274. The number of hydrogen-bond donors (Lipinski definition) is 1. The van der Waals surface area contributed by atoms with Gasteiger partial charge >= 0.3 is 6.36 Å². The summed E-state index contributed by atoms with van der Waals surface area (Å²) >= 11 is 2.49. The highest BCUT2D eigenvalue weighted by atomic mass is 32.2. The summed E-state index contributed by atoms with van der Waals surface area (Å²) in [4.78, 5) is 12.5. The number of nitrogens with one attached hydrogen (secondary N) is 1. The smallest absolute Gasteiger partial charge is 0.406 e. The molecular formula is C20H16F3N5O2S2. The average Bonchev–Trinajstić information content (AvgIpc) is 3.43. The molecule has 0 saturated heterocycles. The number of alkyl halides is 3. The molecule has 1 aromatic heterocycles. The number of nitrogens with zero attached hydrogens (tertiary/aromatic N) is 4. The first kappa shape index (κ1) is 22.1. The van der Waals surface area contributed by atoms with E-state index in [1.807, 2.05) is 30.3 Å². The number of benzene rings is 2. The number of amides is 1. The lowest BCUT2D eigenvalue weighted by atomic mass is 10.1. The molecule has 0 aliphatic carbocycles.